The molecule has 0 amide bonds. The molecule has 1 rings (SSSR count). The van der Waals surface area contributed by atoms with Crippen LogP contribution in [-0.2, 0) is 0 Å². The molecule has 0 aromatic carbocycles. The van der Waals surface area contributed by atoms with Crippen molar-refractivity contribution in [3.8, 4) is 0 Å². The Balaban J connectivity index is 2.33. The van der Waals surface area contributed by atoms with Crippen LogP contribution in [0, 0.1) is 5.92 Å². The van der Waals surface area contributed by atoms with E-state index in [9.17, 15) is 0 Å². The van der Waals surface area contributed by atoms with E-state index in [1.165, 1.54) is 19.4 Å². The van der Waals surface area contributed by atoms with E-state index in [1.54, 1.807) is 0 Å². The van der Waals surface area contributed by atoms with Gasteiger partial charge in [-0.1, -0.05) is 20.8 Å². The summed E-state index contributed by atoms with van der Waals surface area (Å²) in [6.07, 6.45) is 2.69. The van der Waals surface area contributed by atoms with Gasteiger partial charge >= 0.3 is 0 Å². The first-order valence-corrected chi connectivity index (χ1v) is 4.75. The van der Waals surface area contributed by atoms with Gasteiger partial charge in [-0.15, -0.1) is 0 Å². The van der Waals surface area contributed by atoms with Crippen LogP contribution < -0.4 is 5.43 Å². The molecule has 1 aliphatic rings. The molecule has 0 unspecified atom stereocenters. The lowest BCUT2D eigenvalue weighted by molar-refractivity contribution is 0.0991. The molecule has 1 saturated heterocycles. The molecule has 0 aromatic rings. The van der Waals surface area contributed by atoms with Crippen molar-refractivity contribution in [1.82, 2.24) is 10.4 Å². The van der Waals surface area contributed by atoms with Gasteiger partial charge < -0.3 is 0 Å². The Hall–Kier alpha value is -0.0800. The second kappa shape index (κ2) is 4.07. The van der Waals surface area contributed by atoms with Crippen molar-refractivity contribution >= 4 is 0 Å². The SMILES string of the molecule is CCN1CCC[C@@H](C(C)C)N1. The first-order chi connectivity index (χ1) is 5.24. The monoisotopic (exact) mass is 156 g/mol. The fraction of sp³-hybridized carbons (Fsp3) is 1.00. The number of nitrogens with one attached hydrogen (secondary N) is 1. The summed E-state index contributed by atoms with van der Waals surface area (Å²) in [4.78, 5) is 0. The van der Waals surface area contributed by atoms with Gasteiger partial charge in [-0.05, 0) is 18.8 Å². The molecular weight excluding hydrogens is 136 g/mol. The highest BCUT2D eigenvalue weighted by atomic mass is 15.5. The maximum atomic E-state index is 3.54. The maximum absolute atomic E-state index is 3.54. The average molecular weight is 156 g/mol. The first-order valence-electron chi connectivity index (χ1n) is 4.75. The van der Waals surface area contributed by atoms with Crippen molar-refractivity contribution in [2.45, 2.75) is 39.7 Å². The van der Waals surface area contributed by atoms with Crippen molar-refractivity contribution in [2.75, 3.05) is 13.1 Å². The van der Waals surface area contributed by atoms with E-state index in [1.807, 2.05) is 0 Å². The molecule has 1 aliphatic heterocycles. The molecule has 1 heterocycles. The molecule has 66 valence electrons. The van der Waals surface area contributed by atoms with Crippen molar-refractivity contribution in [3.63, 3.8) is 0 Å². The smallest absolute Gasteiger partial charge is 0.0238 e. The van der Waals surface area contributed by atoms with E-state index >= 15 is 0 Å². The zero-order valence-corrected chi connectivity index (χ0v) is 7.93. The third-order valence-corrected chi connectivity index (χ3v) is 2.48. The zero-order valence-electron chi connectivity index (χ0n) is 7.93. The molecule has 0 aromatic heterocycles. The summed E-state index contributed by atoms with van der Waals surface area (Å²) in [6, 6.07) is 0.712. The summed E-state index contributed by atoms with van der Waals surface area (Å²) in [6.45, 7) is 9.13. The Morgan fingerprint density at radius 3 is 2.82 bits per heavy atom. The van der Waals surface area contributed by atoms with Crippen molar-refractivity contribution in [2.24, 2.45) is 5.92 Å². The van der Waals surface area contributed by atoms with E-state index in [4.69, 9.17) is 0 Å². The van der Waals surface area contributed by atoms with Crippen molar-refractivity contribution < 1.29 is 0 Å². The number of hydrazine groups is 1. The fourth-order valence-corrected chi connectivity index (χ4v) is 1.60. The van der Waals surface area contributed by atoms with Gasteiger partial charge in [-0.25, -0.2) is 5.01 Å². The van der Waals surface area contributed by atoms with Crippen LogP contribution in [0.2, 0.25) is 0 Å². The van der Waals surface area contributed by atoms with Gasteiger partial charge in [-0.2, -0.15) is 0 Å². The van der Waals surface area contributed by atoms with Crippen LogP contribution in [0.3, 0.4) is 0 Å². The molecule has 1 N–H and O–H groups in total. The molecule has 0 radical (unpaired) electrons. The molecule has 1 atom stereocenters. The van der Waals surface area contributed by atoms with Crippen LogP contribution in [0.5, 0.6) is 0 Å². The Labute approximate surface area is 69.9 Å². The largest absolute Gasteiger partial charge is 0.252 e. The lowest BCUT2D eigenvalue weighted by Gasteiger charge is -2.35. The van der Waals surface area contributed by atoms with Gasteiger partial charge in [-0.3, -0.25) is 5.43 Å². The summed E-state index contributed by atoms with van der Waals surface area (Å²) in [5, 5.41) is 2.33. The highest BCUT2D eigenvalue weighted by Gasteiger charge is 2.19. The third-order valence-electron chi connectivity index (χ3n) is 2.48. The standard InChI is InChI=1S/C9H20N2/c1-4-11-7-5-6-9(10-11)8(2)3/h8-10H,4-7H2,1-3H3/t9-/m0/s1. The molecule has 2 nitrogen and oxygen atoms in total. The number of hydrogen-bond acceptors (Lipinski definition) is 2. The van der Waals surface area contributed by atoms with Crippen LogP contribution in [0.25, 0.3) is 0 Å². The Kier molecular flexibility index (Phi) is 3.34. The predicted molar refractivity (Wildman–Crippen MR) is 48.2 cm³/mol. The molecule has 0 bridgehead atoms. The summed E-state index contributed by atoms with van der Waals surface area (Å²) >= 11 is 0. The minimum absolute atomic E-state index is 0.712. The quantitative estimate of drug-likeness (QED) is 0.653. The van der Waals surface area contributed by atoms with E-state index in [2.05, 4.69) is 31.2 Å². The fourth-order valence-electron chi connectivity index (χ4n) is 1.60. The second-order valence-electron chi connectivity index (χ2n) is 3.70. The van der Waals surface area contributed by atoms with Gasteiger partial charge in [0.2, 0.25) is 0 Å². The molecule has 11 heavy (non-hydrogen) atoms. The van der Waals surface area contributed by atoms with E-state index in [-0.39, 0.29) is 0 Å². The summed E-state index contributed by atoms with van der Waals surface area (Å²) in [5.41, 5.74) is 3.54. The van der Waals surface area contributed by atoms with Crippen molar-refractivity contribution in [3.05, 3.63) is 0 Å². The van der Waals surface area contributed by atoms with E-state index in [0.29, 0.717) is 6.04 Å². The normalized spacial score (nSPS) is 27.8. The summed E-state index contributed by atoms with van der Waals surface area (Å²) in [7, 11) is 0. The summed E-state index contributed by atoms with van der Waals surface area (Å²) in [5.74, 6) is 0.768. The van der Waals surface area contributed by atoms with Crippen LogP contribution in [0.1, 0.15) is 33.6 Å². The lowest BCUT2D eigenvalue weighted by atomic mass is 9.98. The van der Waals surface area contributed by atoms with E-state index in [0.717, 1.165) is 12.5 Å². The molecule has 0 aliphatic carbocycles. The Bertz CT molecular complexity index is 112. The highest BCUT2D eigenvalue weighted by Crippen LogP contribution is 2.13. The number of rotatable bonds is 2. The second-order valence-corrected chi connectivity index (χ2v) is 3.70. The average Bonchev–Trinajstić information content (AvgIpc) is 2.05. The van der Waals surface area contributed by atoms with E-state index < -0.39 is 0 Å². The summed E-state index contributed by atoms with van der Waals surface area (Å²) < 4.78 is 0. The predicted octanol–water partition coefficient (Wildman–Crippen LogP) is 1.63. The topological polar surface area (TPSA) is 15.3 Å². The van der Waals surface area contributed by atoms with Crippen LogP contribution >= 0.6 is 0 Å². The zero-order chi connectivity index (χ0) is 8.27. The van der Waals surface area contributed by atoms with Gasteiger partial charge in [0.05, 0.1) is 0 Å². The molecule has 0 saturated carbocycles. The Morgan fingerprint density at radius 2 is 2.27 bits per heavy atom. The minimum Gasteiger partial charge on any atom is -0.252 e. The van der Waals surface area contributed by atoms with Crippen LogP contribution in [0.15, 0.2) is 0 Å². The van der Waals surface area contributed by atoms with Gasteiger partial charge in [0, 0.05) is 19.1 Å². The minimum atomic E-state index is 0.712. The van der Waals surface area contributed by atoms with Gasteiger partial charge in [0.15, 0.2) is 0 Å². The highest BCUT2D eigenvalue weighted by molar-refractivity contribution is 4.74. The molecule has 2 heteroatoms. The number of hydrogen-bond donors (Lipinski definition) is 1. The van der Waals surface area contributed by atoms with Crippen LogP contribution in [-0.4, -0.2) is 24.1 Å². The molecule has 0 spiro atoms. The number of nitrogens with zero attached hydrogens (tertiary/aromatic N) is 1. The van der Waals surface area contributed by atoms with Crippen LogP contribution in [0.4, 0.5) is 0 Å². The lowest BCUT2D eigenvalue weighted by Crippen LogP contribution is -2.51. The van der Waals surface area contributed by atoms with Gasteiger partial charge in [0.1, 0.15) is 0 Å². The maximum Gasteiger partial charge on any atom is 0.0238 e. The van der Waals surface area contributed by atoms with Crippen molar-refractivity contribution in [1.29, 1.82) is 0 Å². The first kappa shape index (κ1) is 9.01. The third kappa shape index (κ3) is 2.46. The van der Waals surface area contributed by atoms with Gasteiger partial charge in [0.25, 0.3) is 0 Å². The molecule has 1 fully saturated rings. The Morgan fingerprint density at radius 1 is 1.55 bits per heavy atom. The molecular formula is C9H20N2.